The van der Waals surface area contributed by atoms with Gasteiger partial charge in [-0.2, -0.15) is 0 Å². The summed E-state index contributed by atoms with van der Waals surface area (Å²) in [6, 6.07) is 9.30. The van der Waals surface area contributed by atoms with Crippen LogP contribution in [0.5, 0.6) is 5.75 Å². The first-order valence-corrected chi connectivity index (χ1v) is 8.96. The molecule has 4 rings (SSSR count). The minimum Gasteiger partial charge on any atom is -0.478 e. The van der Waals surface area contributed by atoms with Crippen LogP contribution in [0.1, 0.15) is 18.4 Å². The van der Waals surface area contributed by atoms with Crippen molar-refractivity contribution in [2.24, 2.45) is 0 Å². The van der Waals surface area contributed by atoms with Crippen molar-refractivity contribution in [3.8, 4) is 16.9 Å². The number of aliphatic hydroxyl groups excluding tert-OH is 1. The van der Waals surface area contributed by atoms with Crippen molar-refractivity contribution in [2.45, 2.75) is 19.4 Å². The molecule has 0 unspecified atom stereocenters. The number of unbranched alkanes of at least 4 members (excludes halogenated alkanes) is 1. The number of halogens is 1. The molecule has 1 N–H and O–H groups in total. The first-order valence-electron chi connectivity index (χ1n) is 8.96. The second-order valence-electron chi connectivity index (χ2n) is 6.66. The van der Waals surface area contributed by atoms with E-state index in [0.717, 1.165) is 30.7 Å². The normalized spacial score (nSPS) is 14.1. The van der Waals surface area contributed by atoms with Crippen LogP contribution in [0.25, 0.3) is 22.1 Å². The topological polar surface area (TPSA) is 62.9 Å². The molecule has 0 bridgehead atoms. The van der Waals surface area contributed by atoms with Crippen molar-refractivity contribution in [3.63, 3.8) is 0 Å². The van der Waals surface area contributed by atoms with E-state index in [2.05, 4.69) is 4.90 Å². The van der Waals surface area contributed by atoms with Crippen molar-refractivity contribution in [2.75, 3.05) is 19.9 Å². The van der Waals surface area contributed by atoms with Crippen LogP contribution in [0, 0.1) is 5.82 Å². The number of nitrogens with zero attached hydrogens (tertiary/aromatic N) is 1. The van der Waals surface area contributed by atoms with Crippen LogP contribution < -0.4 is 10.2 Å². The van der Waals surface area contributed by atoms with E-state index in [1.165, 1.54) is 18.4 Å². The Hall–Kier alpha value is -2.70. The third-order valence-electron chi connectivity index (χ3n) is 4.82. The summed E-state index contributed by atoms with van der Waals surface area (Å²) in [5, 5.41) is 9.42. The number of aliphatic hydroxyl groups is 1. The molecule has 0 amide bonds. The number of rotatable bonds is 5. The van der Waals surface area contributed by atoms with Crippen LogP contribution in [-0.4, -0.2) is 29.9 Å². The lowest BCUT2D eigenvalue weighted by Gasteiger charge is -2.29. The predicted octanol–water partition coefficient (Wildman–Crippen LogP) is 3.52. The Morgan fingerprint density at radius 2 is 1.93 bits per heavy atom. The molecule has 0 radical (unpaired) electrons. The number of fused-ring (bicyclic) bond motifs is 3. The minimum atomic E-state index is -0.351. The monoisotopic (exact) mass is 369 g/mol. The summed E-state index contributed by atoms with van der Waals surface area (Å²) < 4.78 is 24.8. The van der Waals surface area contributed by atoms with Gasteiger partial charge in [-0.15, -0.1) is 0 Å². The molecular weight excluding hydrogens is 349 g/mol. The zero-order valence-electron chi connectivity index (χ0n) is 14.8. The van der Waals surface area contributed by atoms with Crippen LogP contribution in [0.15, 0.2) is 51.9 Å². The van der Waals surface area contributed by atoms with E-state index >= 15 is 0 Å². The fourth-order valence-corrected chi connectivity index (χ4v) is 3.37. The van der Waals surface area contributed by atoms with Crippen molar-refractivity contribution in [3.05, 3.63) is 64.3 Å². The summed E-state index contributed by atoms with van der Waals surface area (Å²) in [4.78, 5) is 15.1. The van der Waals surface area contributed by atoms with E-state index < -0.39 is 0 Å². The Morgan fingerprint density at radius 3 is 2.70 bits per heavy atom. The second kappa shape index (κ2) is 7.50. The summed E-state index contributed by atoms with van der Waals surface area (Å²) in [5.74, 6) is 0.370. The van der Waals surface area contributed by atoms with E-state index in [1.807, 2.05) is 0 Å². The summed E-state index contributed by atoms with van der Waals surface area (Å²) in [5.41, 5.74) is 2.24. The molecule has 0 spiro atoms. The van der Waals surface area contributed by atoms with Gasteiger partial charge >= 0.3 is 0 Å². The average molecular weight is 369 g/mol. The largest absolute Gasteiger partial charge is 0.478 e. The maximum absolute atomic E-state index is 13.2. The Labute approximate surface area is 155 Å². The van der Waals surface area contributed by atoms with Gasteiger partial charge in [-0.05, 0) is 42.7 Å². The van der Waals surface area contributed by atoms with Crippen LogP contribution in [0.2, 0.25) is 0 Å². The highest BCUT2D eigenvalue weighted by molar-refractivity contribution is 5.85. The number of benzene rings is 2. The lowest BCUT2D eigenvalue weighted by molar-refractivity contribution is 0.0922. The summed E-state index contributed by atoms with van der Waals surface area (Å²) in [6.07, 6.45) is 3.05. The van der Waals surface area contributed by atoms with E-state index in [1.54, 1.807) is 24.3 Å². The Kier molecular flexibility index (Phi) is 4.92. The SMILES string of the molecule is O=c1c(-c2ccc(F)cc2)coc2c3c(ccc12)OCN(CCCCO)C3. The maximum Gasteiger partial charge on any atom is 0.200 e. The quantitative estimate of drug-likeness (QED) is 0.697. The standard InChI is InChI=1S/C21H20FNO4/c22-15-5-3-14(4-6-15)18-12-26-21-16(20(18)25)7-8-19-17(21)11-23(13-27-19)9-1-2-10-24/h3-8,12,24H,1-2,9-11,13H2. The molecule has 1 aromatic heterocycles. The molecule has 0 aliphatic carbocycles. The van der Waals surface area contributed by atoms with Crippen molar-refractivity contribution in [1.82, 2.24) is 4.90 Å². The lowest BCUT2D eigenvalue weighted by atomic mass is 10.0. The van der Waals surface area contributed by atoms with Gasteiger partial charge in [0.1, 0.15) is 30.1 Å². The molecule has 2 heterocycles. The average Bonchev–Trinajstić information content (AvgIpc) is 2.69. The van der Waals surface area contributed by atoms with Gasteiger partial charge in [-0.1, -0.05) is 12.1 Å². The molecule has 1 aliphatic heterocycles. The molecular formula is C21H20FNO4. The van der Waals surface area contributed by atoms with Gasteiger partial charge in [0.15, 0.2) is 0 Å². The highest BCUT2D eigenvalue weighted by Gasteiger charge is 2.22. The number of hydrogen-bond acceptors (Lipinski definition) is 5. The lowest BCUT2D eigenvalue weighted by Crippen LogP contribution is -2.33. The van der Waals surface area contributed by atoms with E-state index in [4.69, 9.17) is 14.3 Å². The Morgan fingerprint density at radius 1 is 1.11 bits per heavy atom. The Bertz CT molecular complexity index is 1010. The molecule has 27 heavy (non-hydrogen) atoms. The third-order valence-corrected chi connectivity index (χ3v) is 4.82. The maximum atomic E-state index is 13.2. The molecule has 5 nitrogen and oxygen atoms in total. The van der Waals surface area contributed by atoms with Crippen molar-refractivity contribution < 1.29 is 18.7 Å². The molecule has 6 heteroatoms. The molecule has 2 aromatic carbocycles. The van der Waals surface area contributed by atoms with Gasteiger partial charge in [0.2, 0.25) is 5.43 Å². The fraction of sp³-hybridized carbons (Fsp3) is 0.286. The van der Waals surface area contributed by atoms with E-state index in [0.29, 0.717) is 35.4 Å². The molecule has 3 aromatic rings. The van der Waals surface area contributed by atoms with Gasteiger partial charge < -0.3 is 14.3 Å². The minimum absolute atomic E-state index is 0.150. The smallest absolute Gasteiger partial charge is 0.200 e. The van der Waals surface area contributed by atoms with Gasteiger partial charge in [0.25, 0.3) is 0 Å². The zero-order valence-corrected chi connectivity index (χ0v) is 14.8. The summed E-state index contributed by atoms with van der Waals surface area (Å²) in [7, 11) is 0. The molecule has 0 saturated carbocycles. The van der Waals surface area contributed by atoms with Crippen LogP contribution in [0.4, 0.5) is 4.39 Å². The summed E-state index contributed by atoms with van der Waals surface area (Å²) in [6.45, 7) is 2.07. The Balaban J connectivity index is 1.71. The van der Waals surface area contributed by atoms with Crippen molar-refractivity contribution in [1.29, 1.82) is 0 Å². The predicted molar refractivity (Wildman–Crippen MR) is 100 cm³/mol. The molecule has 0 fully saturated rings. The highest BCUT2D eigenvalue weighted by Crippen LogP contribution is 2.32. The first kappa shape index (κ1) is 17.7. The van der Waals surface area contributed by atoms with Crippen LogP contribution in [-0.2, 0) is 6.54 Å². The molecule has 0 atom stereocenters. The molecule has 1 aliphatic rings. The van der Waals surface area contributed by atoms with E-state index in [-0.39, 0.29) is 17.9 Å². The highest BCUT2D eigenvalue weighted by atomic mass is 19.1. The van der Waals surface area contributed by atoms with Gasteiger partial charge in [-0.3, -0.25) is 9.69 Å². The zero-order chi connectivity index (χ0) is 18.8. The second-order valence-corrected chi connectivity index (χ2v) is 6.66. The van der Waals surface area contributed by atoms with Crippen LogP contribution >= 0.6 is 0 Å². The van der Waals surface area contributed by atoms with Gasteiger partial charge in [0, 0.05) is 19.7 Å². The van der Waals surface area contributed by atoms with Crippen LogP contribution in [0.3, 0.4) is 0 Å². The van der Waals surface area contributed by atoms with Crippen molar-refractivity contribution >= 4 is 11.0 Å². The third kappa shape index (κ3) is 3.46. The fourth-order valence-electron chi connectivity index (χ4n) is 3.37. The number of hydrogen-bond donors (Lipinski definition) is 1. The van der Waals surface area contributed by atoms with Gasteiger partial charge in [0.05, 0.1) is 16.5 Å². The van der Waals surface area contributed by atoms with E-state index in [9.17, 15) is 9.18 Å². The van der Waals surface area contributed by atoms with Gasteiger partial charge in [-0.25, -0.2) is 4.39 Å². The number of ether oxygens (including phenoxy) is 1. The summed E-state index contributed by atoms with van der Waals surface area (Å²) >= 11 is 0. The molecule has 140 valence electrons. The first-order chi connectivity index (χ1) is 13.2. The molecule has 0 saturated heterocycles.